The molecule has 2 aromatic rings. The smallest absolute Gasteiger partial charge is 0.291 e. The third-order valence-electron chi connectivity index (χ3n) is 2.17. The summed E-state index contributed by atoms with van der Waals surface area (Å²) in [6.07, 6.45) is 0. The third kappa shape index (κ3) is 3.56. The van der Waals surface area contributed by atoms with Gasteiger partial charge in [-0.15, -0.1) is 0 Å². The van der Waals surface area contributed by atoms with E-state index in [1.165, 1.54) is 0 Å². The molecular formula is C13H13N3OS. The minimum Gasteiger partial charge on any atom is -0.316 e. The van der Waals surface area contributed by atoms with Crippen LogP contribution in [-0.2, 0) is 0 Å². The maximum absolute atomic E-state index is 11.8. The molecule has 0 spiro atoms. The number of nitrogens with one attached hydrogen (secondary N) is 1. The van der Waals surface area contributed by atoms with E-state index >= 15 is 0 Å². The van der Waals surface area contributed by atoms with Crippen LogP contribution < -0.4 is 5.32 Å². The van der Waals surface area contributed by atoms with Gasteiger partial charge in [-0.25, -0.2) is 9.97 Å². The summed E-state index contributed by atoms with van der Waals surface area (Å²) < 4.78 is 0. The molecule has 1 heterocycles. The number of rotatable bonds is 2. The Morgan fingerprint density at radius 3 is 2.33 bits per heavy atom. The van der Waals surface area contributed by atoms with Crippen molar-refractivity contribution in [2.45, 2.75) is 19.0 Å². The van der Waals surface area contributed by atoms with E-state index in [-0.39, 0.29) is 5.24 Å². The number of carbonyl (C=O) groups is 1. The van der Waals surface area contributed by atoms with Crippen molar-refractivity contribution in [1.82, 2.24) is 9.97 Å². The van der Waals surface area contributed by atoms with Crippen molar-refractivity contribution in [3.63, 3.8) is 0 Å². The second-order valence-corrected chi connectivity index (χ2v) is 4.75. The molecule has 1 amide bonds. The molecule has 0 radical (unpaired) electrons. The summed E-state index contributed by atoms with van der Waals surface area (Å²) in [5.74, 6) is 0. The predicted octanol–water partition coefficient (Wildman–Crippen LogP) is 3.42. The minimum atomic E-state index is -0.189. The van der Waals surface area contributed by atoms with Gasteiger partial charge in [0.2, 0.25) is 0 Å². The molecule has 0 saturated heterocycles. The van der Waals surface area contributed by atoms with E-state index in [1.807, 2.05) is 50.2 Å². The van der Waals surface area contributed by atoms with Gasteiger partial charge in [0.1, 0.15) is 0 Å². The van der Waals surface area contributed by atoms with Crippen molar-refractivity contribution < 1.29 is 4.79 Å². The first-order valence-electron chi connectivity index (χ1n) is 5.49. The molecule has 1 aromatic heterocycles. The monoisotopic (exact) mass is 259 g/mol. The summed E-state index contributed by atoms with van der Waals surface area (Å²) in [6.45, 7) is 3.77. The summed E-state index contributed by atoms with van der Waals surface area (Å²) in [5.41, 5.74) is 2.48. The lowest BCUT2D eigenvalue weighted by Gasteiger charge is -2.04. The molecule has 0 unspecified atom stereocenters. The lowest BCUT2D eigenvalue weighted by atomic mass is 10.3. The first-order valence-corrected chi connectivity index (χ1v) is 6.31. The van der Waals surface area contributed by atoms with Crippen LogP contribution in [0.25, 0.3) is 0 Å². The van der Waals surface area contributed by atoms with Gasteiger partial charge < -0.3 is 5.32 Å². The molecule has 2 rings (SSSR count). The number of thioether (sulfide) groups is 1. The zero-order valence-electron chi connectivity index (χ0n) is 10.2. The average molecular weight is 259 g/mol. The molecule has 0 aliphatic carbocycles. The fourth-order valence-electron chi connectivity index (χ4n) is 1.49. The van der Waals surface area contributed by atoms with Crippen LogP contribution in [0.2, 0.25) is 0 Å². The Kier molecular flexibility index (Phi) is 3.94. The fraction of sp³-hybridized carbons (Fsp3) is 0.154. The lowest BCUT2D eigenvalue weighted by Crippen LogP contribution is -2.06. The minimum absolute atomic E-state index is 0.189. The van der Waals surface area contributed by atoms with Gasteiger partial charge in [-0.2, -0.15) is 0 Å². The number of hydrogen-bond acceptors (Lipinski definition) is 4. The number of amides is 1. The first-order chi connectivity index (χ1) is 8.63. The van der Waals surface area contributed by atoms with Gasteiger partial charge in [-0.05, 0) is 32.0 Å². The first kappa shape index (κ1) is 12.6. The molecule has 4 nitrogen and oxygen atoms in total. The third-order valence-corrected chi connectivity index (χ3v) is 2.82. The van der Waals surface area contributed by atoms with Crippen LogP contribution in [0.3, 0.4) is 0 Å². The predicted molar refractivity (Wildman–Crippen MR) is 72.8 cm³/mol. The molecule has 0 aliphatic rings. The number of anilines is 1. The lowest BCUT2D eigenvalue weighted by molar-refractivity contribution is 0.269. The van der Waals surface area contributed by atoms with E-state index < -0.39 is 0 Å². The van der Waals surface area contributed by atoms with Gasteiger partial charge in [-0.3, -0.25) is 4.79 Å². The van der Waals surface area contributed by atoms with Crippen molar-refractivity contribution in [3.05, 3.63) is 47.8 Å². The highest BCUT2D eigenvalue weighted by Gasteiger charge is 2.08. The Labute approximate surface area is 110 Å². The van der Waals surface area contributed by atoms with Crippen LogP contribution in [0, 0.1) is 13.8 Å². The fourth-order valence-corrected chi connectivity index (χ4v) is 2.20. The van der Waals surface area contributed by atoms with Crippen molar-refractivity contribution in [2.75, 3.05) is 5.32 Å². The molecular weight excluding hydrogens is 246 g/mol. The number of aryl methyl sites for hydroxylation is 2. The highest BCUT2D eigenvalue weighted by Crippen LogP contribution is 2.17. The second-order valence-electron chi connectivity index (χ2n) is 3.81. The Balaban J connectivity index is 2.03. The molecule has 0 aliphatic heterocycles. The Morgan fingerprint density at radius 1 is 1.11 bits per heavy atom. The van der Waals surface area contributed by atoms with Crippen LogP contribution in [0.1, 0.15) is 11.4 Å². The largest absolute Gasteiger partial charge is 0.316 e. The van der Waals surface area contributed by atoms with E-state index in [4.69, 9.17) is 0 Å². The maximum Gasteiger partial charge on any atom is 0.291 e. The molecule has 0 saturated carbocycles. The van der Waals surface area contributed by atoms with Gasteiger partial charge in [0, 0.05) is 28.8 Å². The average Bonchev–Trinajstić information content (AvgIpc) is 2.28. The van der Waals surface area contributed by atoms with E-state index in [1.54, 1.807) is 0 Å². The number of carbonyl (C=O) groups excluding carboxylic acids is 1. The SMILES string of the molecule is Cc1cc(C)nc(SC(=O)Nc2ccccc2)n1. The maximum atomic E-state index is 11.8. The zero-order valence-corrected chi connectivity index (χ0v) is 11.0. The Hall–Kier alpha value is -1.88. The zero-order chi connectivity index (χ0) is 13.0. The number of aromatic nitrogens is 2. The van der Waals surface area contributed by atoms with Gasteiger partial charge in [-0.1, -0.05) is 18.2 Å². The van der Waals surface area contributed by atoms with Gasteiger partial charge in [0.25, 0.3) is 5.24 Å². The quantitative estimate of drug-likeness (QED) is 0.663. The van der Waals surface area contributed by atoms with Crippen LogP contribution in [0.5, 0.6) is 0 Å². The van der Waals surface area contributed by atoms with Gasteiger partial charge in [0.05, 0.1) is 0 Å². The molecule has 0 atom stereocenters. The summed E-state index contributed by atoms with van der Waals surface area (Å²) >= 11 is 0.995. The molecule has 18 heavy (non-hydrogen) atoms. The number of benzene rings is 1. The second kappa shape index (κ2) is 5.64. The van der Waals surface area contributed by atoms with Crippen molar-refractivity contribution in [3.8, 4) is 0 Å². The summed E-state index contributed by atoms with van der Waals surface area (Å²) in [4.78, 5) is 20.2. The van der Waals surface area contributed by atoms with Crippen LogP contribution in [0.4, 0.5) is 10.5 Å². The molecule has 5 heteroatoms. The number of para-hydroxylation sites is 1. The standard InChI is InChI=1S/C13H13N3OS/c1-9-8-10(2)15-12(14-9)18-13(17)16-11-6-4-3-5-7-11/h3-8H,1-2H3,(H,16,17). The number of nitrogens with zero attached hydrogens (tertiary/aromatic N) is 2. The van der Waals surface area contributed by atoms with E-state index in [2.05, 4.69) is 15.3 Å². The van der Waals surface area contributed by atoms with Crippen molar-refractivity contribution >= 4 is 22.7 Å². The van der Waals surface area contributed by atoms with Crippen LogP contribution in [0.15, 0.2) is 41.6 Å². The Bertz CT molecular complexity index is 537. The number of hydrogen-bond donors (Lipinski definition) is 1. The van der Waals surface area contributed by atoms with Crippen molar-refractivity contribution in [1.29, 1.82) is 0 Å². The molecule has 1 aromatic carbocycles. The normalized spacial score (nSPS) is 10.1. The van der Waals surface area contributed by atoms with E-state index in [0.717, 1.165) is 28.8 Å². The topological polar surface area (TPSA) is 54.9 Å². The van der Waals surface area contributed by atoms with Gasteiger partial charge >= 0.3 is 0 Å². The van der Waals surface area contributed by atoms with Gasteiger partial charge in [0.15, 0.2) is 5.16 Å². The summed E-state index contributed by atoms with van der Waals surface area (Å²) in [7, 11) is 0. The summed E-state index contributed by atoms with van der Waals surface area (Å²) in [5, 5.41) is 3.06. The Morgan fingerprint density at radius 2 is 1.72 bits per heavy atom. The van der Waals surface area contributed by atoms with E-state index in [9.17, 15) is 4.79 Å². The van der Waals surface area contributed by atoms with Crippen LogP contribution in [-0.4, -0.2) is 15.2 Å². The highest BCUT2D eigenvalue weighted by molar-refractivity contribution is 8.13. The van der Waals surface area contributed by atoms with E-state index in [0.29, 0.717) is 5.16 Å². The highest BCUT2D eigenvalue weighted by atomic mass is 32.2. The molecule has 92 valence electrons. The van der Waals surface area contributed by atoms with Crippen molar-refractivity contribution in [2.24, 2.45) is 0 Å². The summed E-state index contributed by atoms with van der Waals surface area (Å²) in [6, 6.07) is 11.2. The van der Waals surface area contributed by atoms with Crippen LogP contribution >= 0.6 is 11.8 Å². The molecule has 0 bridgehead atoms. The molecule has 0 fully saturated rings. The molecule has 1 N–H and O–H groups in total.